The Morgan fingerprint density at radius 1 is 1.30 bits per heavy atom. The van der Waals surface area contributed by atoms with E-state index < -0.39 is 0 Å². The van der Waals surface area contributed by atoms with Crippen molar-refractivity contribution in [3.05, 3.63) is 29.3 Å². The molecule has 0 radical (unpaired) electrons. The first-order chi connectivity index (χ1) is 9.47. The van der Waals surface area contributed by atoms with Gasteiger partial charge in [-0.2, -0.15) is 0 Å². The minimum absolute atomic E-state index is 0.0181. The molecule has 1 aliphatic rings. The van der Waals surface area contributed by atoms with Gasteiger partial charge in [-0.15, -0.1) is 0 Å². The number of benzene rings is 1. The number of phenols is 1. The Bertz CT molecular complexity index is 520. The molecular formula is C15H20N2O3. The maximum Gasteiger partial charge on any atom is 0.257 e. The monoisotopic (exact) mass is 276 g/mol. The van der Waals surface area contributed by atoms with E-state index in [1.165, 1.54) is 6.92 Å². The molecule has 1 aromatic carbocycles. The van der Waals surface area contributed by atoms with E-state index in [9.17, 15) is 14.7 Å². The molecule has 0 unspecified atom stereocenters. The van der Waals surface area contributed by atoms with Crippen LogP contribution in [0, 0.1) is 6.92 Å². The molecule has 5 heteroatoms. The fourth-order valence-corrected chi connectivity index (χ4v) is 2.51. The van der Waals surface area contributed by atoms with Gasteiger partial charge in [0.2, 0.25) is 5.91 Å². The zero-order valence-corrected chi connectivity index (χ0v) is 11.8. The van der Waals surface area contributed by atoms with Crippen LogP contribution in [0.1, 0.15) is 35.7 Å². The number of hydrogen-bond donors (Lipinski definition) is 2. The Balaban J connectivity index is 2.01. The van der Waals surface area contributed by atoms with Gasteiger partial charge in [0.1, 0.15) is 5.75 Å². The second kappa shape index (κ2) is 5.94. The Morgan fingerprint density at radius 3 is 2.55 bits per heavy atom. The molecule has 2 rings (SSSR count). The van der Waals surface area contributed by atoms with Crippen LogP contribution < -0.4 is 5.32 Å². The number of phenolic OH excluding ortho intramolecular Hbond substituents is 1. The molecule has 108 valence electrons. The van der Waals surface area contributed by atoms with E-state index in [0.717, 1.165) is 18.4 Å². The van der Waals surface area contributed by atoms with Gasteiger partial charge in [-0.05, 0) is 31.9 Å². The predicted octanol–water partition coefficient (Wildman–Crippen LogP) is 1.44. The second-order valence-electron chi connectivity index (χ2n) is 5.29. The molecule has 0 aromatic heterocycles. The van der Waals surface area contributed by atoms with Gasteiger partial charge in [0.15, 0.2) is 0 Å². The number of carbonyl (C=O) groups is 2. The molecule has 0 spiro atoms. The summed E-state index contributed by atoms with van der Waals surface area (Å²) in [6.07, 6.45) is 1.50. The highest BCUT2D eigenvalue weighted by Crippen LogP contribution is 2.22. The van der Waals surface area contributed by atoms with Crippen LogP contribution in [0.4, 0.5) is 0 Å². The summed E-state index contributed by atoms with van der Waals surface area (Å²) in [5, 5.41) is 12.7. The van der Waals surface area contributed by atoms with E-state index in [4.69, 9.17) is 0 Å². The van der Waals surface area contributed by atoms with Crippen LogP contribution in [0.15, 0.2) is 18.2 Å². The lowest BCUT2D eigenvalue weighted by atomic mass is 10.0. The highest BCUT2D eigenvalue weighted by atomic mass is 16.3. The summed E-state index contributed by atoms with van der Waals surface area (Å²) in [6.45, 7) is 4.58. The van der Waals surface area contributed by atoms with Crippen molar-refractivity contribution in [2.45, 2.75) is 32.7 Å². The van der Waals surface area contributed by atoms with Crippen molar-refractivity contribution < 1.29 is 14.7 Å². The van der Waals surface area contributed by atoms with Crippen molar-refractivity contribution in [2.75, 3.05) is 13.1 Å². The lowest BCUT2D eigenvalue weighted by Gasteiger charge is -2.32. The fraction of sp³-hybridized carbons (Fsp3) is 0.467. The maximum absolute atomic E-state index is 12.4. The second-order valence-corrected chi connectivity index (χ2v) is 5.29. The van der Waals surface area contributed by atoms with E-state index in [1.54, 1.807) is 23.1 Å². The number of hydrogen-bond acceptors (Lipinski definition) is 3. The molecule has 1 fully saturated rings. The fourth-order valence-electron chi connectivity index (χ4n) is 2.51. The molecule has 1 saturated heterocycles. The number of nitrogens with zero attached hydrogens (tertiary/aromatic N) is 1. The van der Waals surface area contributed by atoms with Crippen molar-refractivity contribution in [1.82, 2.24) is 10.2 Å². The number of carbonyl (C=O) groups excluding carboxylic acids is 2. The third-order valence-corrected chi connectivity index (χ3v) is 3.57. The zero-order valence-electron chi connectivity index (χ0n) is 11.8. The summed E-state index contributed by atoms with van der Waals surface area (Å²) in [5.74, 6) is -0.164. The largest absolute Gasteiger partial charge is 0.507 e. The van der Waals surface area contributed by atoms with E-state index in [1.807, 2.05) is 6.92 Å². The average molecular weight is 276 g/mol. The summed E-state index contributed by atoms with van der Waals surface area (Å²) in [7, 11) is 0. The molecule has 0 saturated carbocycles. The molecule has 5 nitrogen and oxygen atoms in total. The van der Waals surface area contributed by atoms with Crippen LogP contribution in [0.5, 0.6) is 5.75 Å². The molecule has 0 bridgehead atoms. The Morgan fingerprint density at radius 2 is 1.95 bits per heavy atom. The SMILES string of the molecule is CC(=O)NC1CCN(C(=O)c2cc(C)ccc2O)CC1. The van der Waals surface area contributed by atoms with Crippen LogP contribution >= 0.6 is 0 Å². The summed E-state index contributed by atoms with van der Waals surface area (Å²) >= 11 is 0. The van der Waals surface area contributed by atoms with Crippen LogP contribution in [0.25, 0.3) is 0 Å². The molecule has 2 N–H and O–H groups in total. The number of likely N-dealkylation sites (tertiary alicyclic amines) is 1. The molecule has 0 aliphatic carbocycles. The topological polar surface area (TPSA) is 69.6 Å². The van der Waals surface area contributed by atoms with Gasteiger partial charge in [-0.25, -0.2) is 0 Å². The minimum Gasteiger partial charge on any atom is -0.507 e. The summed E-state index contributed by atoms with van der Waals surface area (Å²) in [4.78, 5) is 25.1. The van der Waals surface area contributed by atoms with Gasteiger partial charge in [0, 0.05) is 26.1 Å². The maximum atomic E-state index is 12.4. The van der Waals surface area contributed by atoms with Crippen molar-refractivity contribution in [3.63, 3.8) is 0 Å². The van der Waals surface area contributed by atoms with Crippen LogP contribution in [-0.2, 0) is 4.79 Å². The quantitative estimate of drug-likeness (QED) is 0.858. The molecule has 1 heterocycles. The van der Waals surface area contributed by atoms with Gasteiger partial charge in [0.25, 0.3) is 5.91 Å². The number of amides is 2. The van der Waals surface area contributed by atoms with E-state index in [2.05, 4.69) is 5.32 Å². The summed E-state index contributed by atoms with van der Waals surface area (Å²) in [5.41, 5.74) is 1.29. The van der Waals surface area contributed by atoms with Crippen LogP contribution in [-0.4, -0.2) is 41.0 Å². The van der Waals surface area contributed by atoms with Crippen LogP contribution in [0.3, 0.4) is 0 Å². The smallest absolute Gasteiger partial charge is 0.257 e. The first-order valence-electron chi connectivity index (χ1n) is 6.83. The number of rotatable bonds is 2. The molecular weight excluding hydrogens is 256 g/mol. The van der Waals surface area contributed by atoms with Gasteiger partial charge in [-0.3, -0.25) is 9.59 Å². The molecule has 1 aliphatic heterocycles. The lowest BCUT2D eigenvalue weighted by Crippen LogP contribution is -2.46. The summed E-state index contributed by atoms with van der Waals surface area (Å²) in [6, 6.07) is 5.17. The van der Waals surface area contributed by atoms with Crippen LogP contribution in [0.2, 0.25) is 0 Å². The number of aromatic hydroxyl groups is 1. The van der Waals surface area contributed by atoms with Crippen molar-refractivity contribution in [1.29, 1.82) is 0 Å². The third kappa shape index (κ3) is 3.29. The number of nitrogens with one attached hydrogen (secondary N) is 1. The van der Waals surface area contributed by atoms with Crippen molar-refractivity contribution >= 4 is 11.8 Å². The normalized spacial score (nSPS) is 16.0. The van der Waals surface area contributed by atoms with Gasteiger partial charge >= 0.3 is 0 Å². The zero-order chi connectivity index (χ0) is 14.7. The van der Waals surface area contributed by atoms with Crippen molar-refractivity contribution in [2.24, 2.45) is 0 Å². The Kier molecular flexibility index (Phi) is 4.27. The Labute approximate surface area is 118 Å². The molecule has 0 atom stereocenters. The first kappa shape index (κ1) is 14.4. The Hall–Kier alpha value is -2.04. The molecule has 2 amide bonds. The predicted molar refractivity (Wildman–Crippen MR) is 75.6 cm³/mol. The first-order valence-corrected chi connectivity index (χ1v) is 6.83. The third-order valence-electron chi connectivity index (χ3n) is 3.57. The highest BCUT2D eigenvalue weighted by Gasteiger charge is 2.25. The van der Waals surface area contributed by atoms with Gasteiger partial charge in [-0.1, -0.05) is 11.6 Å². The van der Waals surface area contributed by atoms with E-state index >= 15 is 0 Å². The minimum atomic E-state index is -0.146. The van der Waals surface area contributed by atoms with Gasteiger partial charge < -0.3 is 15.3 Å². The molecule has 20 heavy (non-hydrogen) atoms. The van der Waals surface area contributed by atoms with Gasteiger partial charge in [0.05, 0.1) is 5.56 Å². The lowest BCUT2D eigenvalue weighted by molar-refractivity contribution is -0.119. The molecule has 1 aromatic rings. The number of aryl methyl sites for hydroxylation is 1. The summed E-state index contributed by atoms with van der Waals surface area (Å²) < 4.78 is 0. The standard InChI is InChI=1S/C15H20N2O3/c1-10-3-4-14(19)13(9-10)15(20)17-7-5-12(6-8-17)16-11(2)18/h3-4,9,12,19H,5-8H2,1-2H3,(H,16,18). The number of piperidine rings is 1. The van der Waals surface area contributed by atoms with E-state index in [-0.39, 0.29) is 23.6 Å². The highest BCUT2D eigenvalue weighted by molar-refractivity contribution is 5.97. The van der Waals surface area contributed by atoms with Crippen molar-refractivity contribution in [3.8, 4) is 5.75 Å². The van der Waals surface area contributed by atoms with E-state index in [0.29, 0.717) is 18.7 Å². The average Bonchev–Trinajstić information content (AvgIpc) is 2.41.